The number of halogens is 2. The van der Waals surface area contributed by atoms with Gasteiger partial charge < -0.3 is 14.4 Å². The Labute approximate surface area is 232 Å². The molecule has 0 N–H and O–H groups in total. The Morgan fingerprint density at radius 3 is 2.42 bits per heavy atom. The van der Waals surface area contributed by atoms with Crippen LogP contribution in [0.25, 0.3) is 22.2 Å². The molecule has 2 heterocycles. The zero-order valence-electron chi connectivity index (χ0n) is 22.7. The van der Waals surface area contributed by atoms with Crippen LogP contribution in [0.1, 0.15) is 31.7 Å². The van der Waals surface area contributed by atoms with Crippen molar-refractivity contribution in [2.45, 2.75) is 38.8 Å². The molecule has 0 bridgehead atoms. The second-order valence-corrected chi connectivity index (χ2v) is 9.71. The molecule has 0 spiro atoms. The number of rotatable bonds is 11. The fraction of sp³-hybridized carbons (Fsp3) is 0.281. The highest BCUT2D eigenvalue weighted by atomic mass is 19.1. The number of terminal acetylenes is 1. The summed E-state index contributed by atoms with van der Waals surface area (Å²) in [7, 11) is 1.48. The van der Waals surface area contributed by atoms with Gasteiger partial charge in [-0.3, -0.25) is 0 Å². The van der Waals surface area contributed by atoms with E-state index in [4.69, 9.17) is 15.9 Å². The highest BCUT2D eigenvalue weighted by molar-refractivity contribution is 5.90. The van der Waals surface area contributed by atoms with E-state index in [1.54, 1.807) is 31.2 Å². The van der Waals surface area contributed by atoms with Crippen molar-refractivity contribution in [2.24, 2.45) is 10.2 Å². The topological polar surface area (TPSA) is 59.3 Å². The van der Waals surface area contributed by atoms with Crippen LogP contribution in [0.5, 0.6) is 17.2 Å². The number of hydrogen-bond acceptors (Lipinski definition) is 6. The van der Waals surface area contributed by atoms with Crippen LogP contribution >= 0.6 is 0 Å². The number of hydrogen-bond donors (Lipinski definition) is 0. The maximum atomic E-state index is 15.2. The Morgan fingerprint density at radius 2 is 1.77 bits per heavy atom. The molecule has 1 aromatic heterocycles. The molecule has 0 atom stereocenters. The molecule has 0 saturated carbocycles. The van der Waals surface area contributed by atoms with Gasteiger partial charge in [-0.15, -0.1) is 12.3 Å². The fourth-order valence-corrected chi connectivity index (χ4v) is 4.90. The number of aromatic nitrogens is 1. The van der Waals surface area contributed by atoms with E-state index in [1.165, 1.54) is 19.2 Å². The van der Waals surface area contributed by atoms with Crippen LogP contribution in [0.2, 0.25) is 0 Å². The van der Waals surface area contributed by atoms with Gasteiger partial charge in [-0.05, 0) is 68.4 Å². The average molecular weight is 541 g/mol. The van der Waals surface area contributed by atoms with Crippen LogP contribution < -0.4 is 14.4 Å². The minimum absolute atomic E-state index is 0.0905. The lowest BCUT2D eigenvalue weighted by Gasteiger charge is -2.24. The third kappa shape index (κ3) is 5.46. The van der Waals surface area contributed by atoms with Crippen molar-refractivity contribution in [1.82, 2.24) is 4.98 Å². The first-order valence-corrected chi connectivity index (χ1v) is 13.2. The number of anilines is 1. The van der Waals surface area contributed by atoms with Gasteiger partial charge >= 0.3 is 0 Å². The molecule has 1 aliphatic rings. The molecule has 40 heavy (non-hydrogen) atoms. The van der Waals surface area contributed by atoms with Gasteiger partial charge in [-0.25, -0.2) is 13.8 Å². The van der Waals surface area contributed by atoms with E-state index in [1.807, 2.05) is 24.3 Å². The van der Waals surface area contributed by atoms with E-state index in [0.717, 1.165) is 31.6 Å². The monoisotopic (exact) mass is 540 g/mol. The summed E-state index contributed by atoms with van der Waals surface area (Å²) in [5.41, 5.74) is 2.81. The molecule has 0 aliphatic carbocycles. The fourth-order valence-electron chi connectivity index (χ4n) is 4.90. The quantitative estimate of drug-likeness (QED) is 0.181. The summed E-state index contributed by atoms with van der Waals surface area (Å²) < 4.78 is 41.0. The molecular weight excluding hydrogens is 510 g/mol. The number of nitrogens with zero attached hydrogens (tertiary/aromatic N) is 4. The standard InChI is InChI=1S/C32H30F2N4O2/c1-5-7-17-32(36-37-32)18-19-38(6-2)23-12-14-24(15-13-23)40-28-16-11-22(20-26(28)34)30-21(3)31(39-4)29-25(33)9-8-10-27(29)35-30/h1,8-16,20H,6-7,17-19H2,2-4H3. The summed E-state index contributed by atoms with van der Waals surface area (Å²) >= 11 is 0. The Bertz CT molecular complexity index is 1610. The van der Waals surface area contributed by atoms with Crippen molar-refractivity contribution in [1.29, 1.82) is 0 Å². The van der Waals surface area contributed by atoms with Crippen molar-refractivity contribution in [2.75, 3.05) is 25.1 Å². The van der Waals surface area contributed by atoms with Gasteiger partial charge in [0, 0.05) is 49.2 Å². The number of methoxy groups -OCH3 is 1. The number of ether oxygens (including phenoxy) is 2. The molecule has 0 amide bonds. The first-order valence-electron chi connectivity index (χ1n) is 13.2. The summed E-state index contributed by atoms with van der Waals surface area (Å²) in [4.78, 5) is 6.83. The smallest absolute Gasteiger partial charge is 0.193 e. The highest BCUT2D eigenvalue weighted by Gasteiger charge is 2.39. The molecule has 204 valence electrons. The lowest BCUT2D eigenvalue weighted by molar-refractivity contribution is 0.415. The Morgan fingerprint density at radius 1 is 1.00 bits per heavy atom. The molecule has 1 aliphatic heterocycles. The molecule has 4 aromatic rings. The molecule has 0 unspecified atom stereocenters. The predicted molar refractivity (Wildman–Crippen MR) is 153 cm³/mol. The minimum atomic E-state index is -0.537. The molecule has 8 heteroatoms. The van der Waals surface area contributed by atoms with Crippen molar-refractivity contribution in [3.05, 3.63) is 77.9 Å². The predicted octanol–water partition coefficient (Wildman–Crippen LogP) is 8.08. The summed E-state index contributed by atoms with van der Waals surface area (Å²) in [6.45, 7) is 5.49. The van der Waals surface area contributed by atoms with E-state index < -0.39 is 11.6 Å². The zero-order chi connectivity index (χ0) is 28.3. The molecule has 6 nitrogen and oxygen atoms in total. The summed E-state index contributed by atoms with van der Waals surface area (Å²) in [6, 6.07) is 16.9. The van der Waals surface area contributed by atoms with Crippen molar-refractivity contribution < 1.29 is 18.3 Å². The second kappa shape index (κ2) is 11.3. The summed E-state index contributed by atoms with van der Waals surface area (Å²) in [5, 5.41) is 8.74. The van der Waals surface area contributed by atoms with E-state index in [2.05, 4.69) is 33.0 Å². The van der Waals surface area contributed by atoms with Crippen LogP contribution in [0, 0.1) is 30.9 Å². The van der Waals surface area contributed by atoms with Crippen LogP contribution in [0.3, 0.4) is 0 Å². The maximum Gasteiger partial charge on any atom is 0.193 e. The lowest BCUT2D eigenvalue weighted by Crippen LogP contribution is -2.28. The SMILES string of the molecule is C#CCCC1(CCN(CC)c2ccc(Oc3ccc(-c4nc5cccc(F)c5c(OC)c4C)cc3F)cc2)N=N1. The van der Waals surface area contributed by atoms with Gasteiger partial charge in [0.05, 0.1) is 23.7 Å². The van der Waals surface area contributed by atoms with Crippen LogP contribution in [-0.2, 0) is 0 Å². The largest absolute Gasteiger partial charge is 0.496 e. The van der Waals surface area contributed by atoms with E-state index in [-0.39, 0.29) is 11.4 Å². The van der Waals surface area contributed by atoms with E-state index >= 15 is 4.39 Å². The molecule has 0 fully saturated rings. The zero-order valence-corrected chi connectivity index (χ0v) is 22.7. The first-order chi connectivity index (χ1) is 19.4. The van der Waals surface area contributed by atoms with Crippen molar-refractivity contribution >= 4 is 16.6 Å². The van der Waals surface area contributed by atoms with Gasteiger partial charge in [-0.1, -0.05) is 6.07 Å². The van der Waals surface area contributed by atoms with Gasteiger partial charge in [0.25, 0.3) is 0 Å². The number of pyridine rings is 1. The normalized spacial score (nSPS) is 13.2. The van der Waals surface area contributed by atoms with E-state index in [0.29, 0.717) is 45.6 Å². The van der Waals surface area contributed by atoms with Gasteiger partial charge in [0.15, 0.2) is 17.2 Å². The second-order valence-electron chi connectivity index (χ2n) is 9.71. The third-order valence-electron chi connectivity index (χ3n) is 7.20. The van der Waals surface area contributed by atoms with Crippen molar-refractivity contribution in [3.63, 3.8) is 0 Å². The summed E-state index contributed by atoms with van der Waals surface area (Å²) in [6.07, 6.45) is 7.64. The molecule has 0 radical (unpaired) electrons. The third-order valence-corrected chi connectivity index (χ3v) is 7.20. The summed E-state index contributed by atoms with van der Waals surface area (Å²) in [5.74, 6) is 2.69. The highest BCUT2D eigenvalue weighted by Crippen LogP contribution is 2.39. The van der Waals surface area contributed by atoms with Gasteiger partial charge in [-0.2, -0.15) is 10.2 Å². The Balaban J connectivity index is 1.31. The maximum absolute atomic E-state index is 15.2. The molecule has 3 aromatic carbocycles. The van der Waals surface area contributed by atoms with Gasteiger partial charge in [0.1, 0.15) is 17.3 Å². The minimum Gasteiger partial charge on any atom is -0.496 e. The van der Waals surface area contributed by atoms with Crippen LogP contribution in [0.15, 0.2) is 70.9 Å². The first kappa shape index (κ1) is 27.1. The number of benzene rings is 3. The number of fused-ring (bicyclic) bond motifs is 1. The van der Waals surface area contributed by atoms with Gasteiger partial charge in [0.2, 0.25) is 0 Å². The Kier molecular flexibility index (Phi) is 7.65. The lowest BCUT2D eigenvalue weighted by atomic mass is 10.0. The average Bonchev–Trinajstić information content (AvgIpc) is 3.74. The molecule has 5 rings (SSSR count). The van der Waals surface area contributed by atoms with E-state index in [9.17, 15) is 4.39 Å². The molecule has 0 saturated heterocycles. The molecular formula is C32H30F2N4O2. The van der Waals surface area contributed by atoms with Crippen LogP contribution in [0.4, 0.5) is 14.5 Å². The Hall–Kier alpha value is -4.51. The van der Waals surface area contributed by atoms with Crippen LogP contribution in [-0.4, -0.2) is 30.8 Å². The van der Waals surface area contributed by atoms with Crippen molar-refractivity contribution in [3.8, 4) is 40.8 Å².